The van der Waals surface area contributed by atoms with E-state index in [4.69, 9.17) is 30.8 Å². The van der Waals surface area contributed by atoms with Crippen LogP contribution in [-0.4, -0.2) is 84.1 Å². The van der Waals surface area contributed by atoms with Gasteiger partial charge in [-0.3, -0.25) is 14.8 Å². The van der Waals surface area contributed by atoms with Gasteiger partial charge in [0.15, 0.2) is 5.16 Å². The smallest absolute Gasteiger partial charge is 0.172 e. The minimum atomic E-state index is 0.421. The van der Waals surface area contributed by atoms with Crippen molar-refractivity contribution in [3.63, 3.8) is 0 Å². The molecule has 1 N–H and O–H groups in total. The summed E-state index contributed by atoms with van der Waals surface area (Å²) in [4.78, 5) is 14.9. The molecule has 7 rings (SSSR count). The molecule has 10 nitrogen and oxygen atoms in total. The van der Waals surface area contributed by atoms with Gasteiger partial charge in [0.25, 0.3) is 0 Å². The lowest BCUT2D eigenvalue weighted by Crippen LogP contribution is -2.37. The zero-order chi connectivity index (χ0) is 33.7. The summed E-state index contributed by atoms with van der Waals surface area (Å²) >= 11 is 8.21. The molecule has 2 aliphatic heterocycles. The summed E-state index contributed by atoms with van der Waals surface area (Å²) < 4.78 is 19.2. The second kappa shape index (κ2) is 15.2. The number of methoxy groups -OCH3 is 1. The molecule has 2 aromatic heterocycles. The number of pyridine rings is 1. The van der Waals surface area contributed by atoms with Crippen LogP contribution in [0.15, 0.2) is 77.2 Å². The van der Waals surface area contributed by atoms with Gasteiger partial charge in [-0.25, -0.2) is 4.98 Å². The van der Waals surface area contributed by atoms with Crippen LogP contribution in [0.5, 0.6) is 5.75 Å². The first-order valence-electron chi connectivity index (χ1n) is 16.3. The number of halogens is 1. The summed E-state index contributed by atoms with van der Waals surface area (Å²) in [7, 11) is 3.63. The molecule has 0 spiro atoms. The number of hydrogen-bond acceptors (Lipinski definition) is 10. The topological polar surface area (TPSA) is 101 Å². The van der Waals surface area contributed by atoms with Crippen LogP contribution in [0.3, 0.4) is 0 Å². The van der Waals surface area contributed by atoms with E-state index in [1.807, 2.05) is 42.1 Å². The van der Waals surface area contributed by atoms with Crippen molar-refractivity contribution < 1.29 is 14.2 Å². The highest BCUT2D eigenvalue weighted by Crippen LogP contribution is 2.40. The minimum absolute atomic E-state index is 0.421. The van der Waals surface area contributed by atoms with Gasteiger partial charge >= 0.3 is 0 Å². The number of hydrogen-bond donors (Lipinski definition) is 1. The van der Waals surface area contributed by atoms with E-state index >= 15 is 0 Å². The Morgan fingerprint density at radius 2 is 1.67 bits per heavy atom. The number of nitrogens with zero attached hydrogens (tertiary/aromatic N) is 6. The maximum absolute atomic E-state index is 10.1. The van der Waals surface area contributed by atoms with Gasteiger partial charge in [0.1, 0.15) is 11.8 Å². The molecule has 252 valence electrons. The number of aryl methyl sites for hydroxylation is 1. The number of fused-ring (bicyclic) bond motifs is 1. The van der Waals surface area contributed by atoms with Crippen molar-refractivity contribution in [3.05, 3.63) is 88.8 Å². The Hall–Kier alpha value is -4.15. The monoisotopic (exact) mass is 695 g/mol. The van der Waals surface area contributed by atoms with E-state index in [1.165, 1.54) is 22.9 Å². The number of rotatable bonds is 10. The van der Waals surface area contributed by atoms with Crippen molar-refractivity contribution in [1.82, 2.24) is 24.3 Å². The first kappa shape index (κ1) is 33.4. The van der Waals surface area contributed by atoms with E-state index in [9.17, 15) is 5.26 Å². The largest absolute Gasteiger partial charge is 0.496 e. The Bertz CT molecular complexity index is 2000. The summed E-state index contributed by atoms with van der Waals surface area (Å²) in [6.07, 6.45) is 5.27. The zero-order valence-corrected chi connectivity index (χ0v) is 29.2. The standard InChI is InChI=1S/C37H38ClN7O3S/c1-43-8-7-40-37(43)49-35-6-5-29(18-32(35)38)42-36-28(21-39)22-41-33-19-30(34(46-2)20-31(33)36)25-3-4-26(23-44-9-13-47-14-10-44)27(17-25)24-45-11-15-48-16-12-45/h3-8,17-20,22H,9-16,23-24H2,1-2H3,(H,41,42). The van der Waals surface area contributed by atoms with Gasteiger partial charge in [0, 0.05) is 86.4 Å². The third-order valence-electron chi connectivity index (χ3n) is 9.00. The maximum Gasteiger partial charge on any atom is 0.172 e. The number of morpholine rings is 2. The van der Waals surface area contributed by atoms with Crippen LogP contribution in [-0.2, 0) is 29.6 Å². The quantitative estimate of drug-likeness (QED) is 0.169. The van der Waals surface area contributed by atoms with E-state index in [2.05, 4.69) is 50.4 Å². The van der Waals surface area contributed by atoms with Gasteiger partial charge in [-0.1, -0.05) is 35.5 Å². The Kier molecular flexibility index (Phi) is 10.3. The van der Waals surface area contributed by atoms with E-state index in [-0.39, 0.29) is 0 Å². The molecule has 0 atom stereocenters. The summed E-state index contributed by atoms with van der Waals surface area (Å²) in [5, 5.41) is 15.7. The molecule has 49 heavy (non-hydrogen) atoms. The van der Waals surface area contributed by atoms with E-state index in [0.29, 0.717) is 22.0 Å². The van der Waals surface area contributed by atoms with Crippen molar-refractivity contribution in [2.24, 2.45) is 7.05 Å². The molecular weight excluding hydrogens is 658 g/mol. The molecule has 2 saturated heterocycles. The van der Waals surface area contributed by atoms with Crippen LogP contribution >= 0.6 is 23.4 Å². The van der Waals surface area contributed by atoms with Crippen molar-refractivity contribution >= 4 is 45.6 Å². The molecule has 0 amide bonds. The lowest BCUT2D eigenvalue weighted by Gasteiger charge is -2.30. The Balaban J connectivity index is 1.22. The van der Waals surface area contributed by atoms with E-state index in [1.54, 1.807) is 19.5 Å². The molecule has 4 heterocycles. The van der Waals surface area contributed by atoms with E-state index in [0.717, 1.165) is 103 Å². The van der Waals surface area contributed by atoms with Crippen LogP contribution in [0, 0.1) is 11.3 Å². The number of anilines is 2. The van der Waals surface area contributed by atoms with Gasteiger partial charge in [0.05, 0.1) is 55.3 Å². The fourth-order valence-corrected chi connectivity index (χ4v) is 7.39. The van der Waals surface area contributed by atoms with Gasteiger partial charge in [-0.2, -0.15) is 5.26 Å². The summed E-state index contributed by atoms with van der Waals surface area (Å²) in [6.45, 7) is 8.49. The molecule has 0 aliphatic carbocycles. The lowest BCUT2D eigenvalue weighted by molar-refractivity contribution is 0.0309. The fraction of sp³-hybridized carbons (Fsp3) is 0.324. The number of imidazole rings is 1. The molecule has 0 unspecified atom stereocenters. The molecular formula is C37H38ClN7O3S. The molecule has 2 fully saturated rings. The predicted octanol–water partition coefficient (Wildman–Crippen LogP) is 6.73. The number of nitrogens with one attached hydrogen (secondary N) is 1. The second-order valence-corrected chi connectivity index (χ2v) is 13.6. The first-order valence-corrected chi connectivity index (χ1v) is 17.5. The van der Waals surface area contributed by atoms with Gasteiger partial charge in [-0.15, -0.1) is 0 Å². The highest BCUT2D eigenvalue weighted by molar-refractivity contribution is 7.99. The summed E-state index contributed by atoms with van der Waals surface area (Å²) in [5.41, 5.74) is 7.19. The van der Waals surface area contributed by atoms with Crippen molar-refractivity contribution in [2.45, 2.75) is 23.1 Å². The second-order valence-electron chi connectivity index (χ2n) is 12.2. The highest BCUT2D eigenvalue weighted by Gasteiger charge is 2.20. The van der Waals surface area contributed by atoms with Gasteiger partial charge in [0.2, 0.25) is 0 Å². The van der Waals surface area contributed by atoms with Crippen LogP contribution in [0.4, 0.5) is 11.4 Å². The third-order valence-corrected chi connectivity index (χ3v) is 10.6. The van der Waals surface area contributed by atoms with Gasteiger partial charge in [-0.05, 0) is 53.1 Å². The first-order chi connectivity index (χ1) is 24.0. The van der Waals surface area contributed by atoms with Crippen molar-refractivity contribution in [3.8, 4) is 22.9 Å². The zero-order valence-electron chi connectivity index (χ0n) is 27.6. The molecule has 3 aromatic carbocycles. The number of ether oxygens (including phenoxy) is 3. The van der Waals surface area contributed by atoms with Gasteiger partial charge < -0.3 is 24.1 Å². The Morgan fingerprint density at radius 1 is 0.939 bits per heavy atom. The fourth-order valence-electron chi connectivity index (χ4n) is 6.28. The van der Waals surface area contributed by atoms with Crippen molar-refractivity contribution in [2.75, 3.05) is 65.0 Å². The normalized spacial score (nSPS) is 15.7. The molecule has 0 saturated carbocycles. The van der Waals surface area contributed by atoms with Crippen molar-refractivity contribution in [1.29, 1.82) is 5.26 Å². The lowest BCUT2D eigenvalue weighted by atomic mass is 9.96. The molecule has 0 radical (unpaired) electrons. The molecule has 12 heteroatoms. The Morgan fingerprint density at radius 3 is 2.33 bits per heavy atom. The van der Waals surface area contributed by atoms with Crippen LogP contribution in [0.2, 0.25) is 5.02 Å². The maximum atomic E-state index is 10.1. The summed E-state index contributed by atoms with van der Waals surface area (Å²) in [6, 6.07) is 18.8. The number of aromatic nitrogens is 3. The molecule has 0 bridgehead atoms. The Labute approximate surface area is 295 Å². The predicted molar refractivity (Wildman–Crippen MR) is 193 cm³/mol. The average molecular weight is 696 g/mol. The van der Waals surface area contributed by atoms with E-state index < -0.39 is 0 Å². The van der Waals surface area contributed by atoms with Crippen LogP contribution in [0.25, 0.3) is 22.0 Å². The highest BCUT2D eigenvalue weighted by atomic mass is 35.5. The van der Waals surface area contributed by atoms with Crippen LogP contribution < -0.4 is 10.1 Å². The molecule has 5 aromatic rings. The molecule has 2 aliphatic rings. The minimum Gasteiger partial charge on any atom is -0.496 e. The average Bonchev–Trinajstić information content (AvgIpc) is 3.54. The SMILES string of the molecule is COc1cc2c(Nc3ccc(Sc4nccn4C)c(Cl)c3)c(C#N)cnc2cc1-c1ccc(CN2CCOCC2)c(CN2CCOCC2)c1. The van der Waals surface area contributed by atoms with Crippen LogP contribution in [0.1, 0.15) is 16.7 Å². The third kappa shape index (κ3) is 7.55. The summed E-state index contributed by atoms with van der Waals surface area (Å²) in [5.74, 6) is 0.700. The number of nitriles is 1. The number of benzene rings is 3.